The van der Waals surface area contributed by atoms with Gasteiger partial charge in [0.05, 0.1) is 22.2 Å². The van der Waals surface area contributed by atoms with Gasteiger partial charge < -0.3 is 10.6 Å². The second-order valence-electron chi connectivity index (χ2n) is 5.73. The standard InChI is InChI=1S/C20H17FN2O2S/c1-13(14-6-4-7-15(21)12-14)22-19(24)16-8-2-3-9-17(16)23-20(25)18-10-5-11-26-18/h2-13H,1H3,(H,22,24)(H,23,25)/t13-/m0/s1. The normalized spacial score (nSPS) is 11.6. The fourth-order valence-electron chi connectivity index (χ4n) is 2.52. The maximum Gasteiger partial charge on any atom is 0.265 e. The number of hydrogen-bond acceptors (Lipinski definition) is 3. The molecule has 0 saturated heterocycles. The van der Waals surface area contributed by atoms with Gasteiger partial charge in [0.15, 0.2) is 0 Å². The second kappa shape index (κ2) is 7.93. The third-order valence-electron chi connectivity index (χ3n) is 3.86. The summed E-state index contributed by atoms with van der Waals surface area (Å²) >= 11 is 1.33. The molecule has 0 unspecified atom stereocenters. The van der Waals surface area contributed by atoms with E-state index in [4.69, 9.17) is 0 Å². The Balaban J connectivity index is 1.76. The van der Waals surface area contributed by atoms with Gasteiger partial charge in [-0.3, -0.25) is 9.59 Å². The van der Waals surface area contributed by atoms with Crippen LogP contribution in [0.15, 0.2) is 66.0 Å². The maximum absolute atomic E-state index is 13.4. The molecule has 0 fully saturated rings. The number of anilines is 1. The van der Waals surface area contributed by atoms with E-state index in [1.165, 1.54) is 23.5 Å². The molecule has 132 valence electrons. The van der Waals surface area contributed by atoms with Crippen molar-refractivity contribution >= 4 is 28.8 Å². The number of para-hydroxylation sites is 1. The summed E-state index contributed by atoms with van der Waals surface area (Å²) in [7, 11) is 0. The molecule has 0 aliphatic rings. The van der Waals surface area contributed by atoms with Crippen LogP contribution in [0.5, 0.6) is 0 Å². The van der Waals surface area contributed by atoms with Crippen molar-refractivity contribution in [3.63, 3.8) is 0 Å². The topological polar surface area (TPSA) is 58.2 Å². The van der Waals surface area contributed by atoms with Crippen LogP contribution in [0.4, 0.5) is 10.1 Å². The fraction of sp³-hybridized carbons (Fsp3) is 0.100. The van der Waals surface area contributed by atoms with Crippen LogP contribution in [-0.2, 0) is 0 Å². The first-order valence-corrected chi connectivity index (χ1v) is 8.93. The summed E-state index contributed by atoms with van der Waals surface area (Å²) < 4.78 is 13.4. The summed E-state index contributed by atoms with van der Waals surface area (Å²) in [5.74, 6) is -0.963. The van der Waals surface area contributed by atoms with Crippen LogP contribution >= 0.6 is 11.3 Å². The van der Waals surface area contributed by atoms with Crippen molar-refractivity contribution in [2.75, 3.05) is 5.32 Å². The van der Waals surface area contributed by atoms with Crippen LogP contribution in [0.1, 0.15) is 38.6 Å². The minimum atomic E-state index is -0.376. The number of benzene rings is 2. The molecule has 0 radical (unpaired) electrons. The van der Waals surface area contributed by atoms with Crippen LogP contribution in [0.25, 0.3) is 0 Å². The quantitative estimate of drug-likeness (QED) is 0.690. The van der Waals surface area contributed by atoms with Gasteiger partial charge in [-0.2, -0.15) is 0 Å². The van der Waals surface area contributed by atoms with E-state index in [0.717, 1.165) is 0 Å². The van der Waals surface area contributed by atoms with Gasteiger partial charge in [0, 0.05) is 0 Å². The average molecular weight is 368 g/mol. The molecular weight excluding hydrogens is 351 g/mol. The molecule has 3 aromatic rings. The molecule has 0 bridgehead atoms. The number of halogens is 1. The molecule has 0 saturated carbocycles. The van der Waals surface area contributed by atoms with E-state index in [0.29, 0.717) is 21.7 Å². The summed E-state index contributed by atoms with van der Waals surface area (Å²) in [4.78, 5) is 25.5. The Kier molecular flexibility index (Phi) is 5.43. The van der Waals surface area contributed by atoms with E-state index in [1.807, 2.05) is 5.38 Å². The number of thiophene rings is 1. The third kappa shape index (κ3) is 4.15. The highest BCUT2D eigenvalue weighted by atomic mass is 32.1. The Hall–Kier alpha value is -2.99. The van der Waals surface area contributed by atoms with Crippen LogP contribution < -0.4 is 10.6 Å². The lowest BCUT2D eigenvalue weighted by Gasteiger charge is -2.16. The number of nitrogens with one attached hydrogen (secondary N) is 2. The van der Waals surface area contributed by atoms with Crippen molar-refractivity contribution in [2.45, 2.75) is 13.0 Å². The number of carbonyl (C=O) groups is 2. The molecule has 3 rings (SSSR count). The van der Waals surface area contributed by atoms with E-state index < -0.39 is 0 Å². The molecule has 0 spiro atoms. The lowest BCUT2D eigenvalue weighted by atomic mass is 10.1. The average Bonchev–Trinajstić information content (AvgIpc) is 3.17. The van der Waals surface area contributed by atoms with Crippen LogP contribution in [0.3, 0.4) is 0 Å². The summed E-state index contributed by atoms with van der Waals surface area (Å²) in [5.41, 5.74) is 1.44. The van der Waals surface area contributed by atoms with Gasteiger partial charge in [-0.25, -0.2) is 4.39 Å². The minimum absolute atomic E-state index is 0.265. The number of amides is 2. The fourth-order valence-corrected chi connectivity index (χ4v) is 3.13. The van der Waals surface area contributed by atoms with Crippen molar-refractivity contribution in [3.05, 3.63) is 87.9 Å². The zero-order chi connectivity index (χ0) is 18.5. The first-order chi connectivity index (χ1) is 12.5. The molecule has 2 N–H and O–H groups in total. The first-order valence-electron chi connectivity index (χ1n) is 8.05. The van der Waals surface area contributed by atoms with Crippen molar-refractivity contribution in [2.24, 2.45) is 0 Å². The molecule has 1 heterocycles. The van der Waals surface area contributed by atoms with Crippen LogP contribution in [0.2, 0.25) is 0 Å². The van der Waals surface area contributed by atoms with E-state index in [2.05, 4.69) is 10.6 Å². The zero-order valence-electron chi connectivity index (χ0n) is 14.0. The molecule has 26 heavy (non-hydrogen) atoms. The van der Waals surface area contributed by atoms with E-state index >= 15 is 0 Å². The van der Waals surface area contributed by atoms with Crippen molar-refractivity contribution in [1.29, 1.82) is 0 Å². The highest BCUT2D eigenvalue weighted by Crippen LogP contribution is 2.20. The van der Waals surface area contributed by atoms with Crippen LogP contribution in [0, 0.1) is 5.82 Å². The van der Waals surface area contributed by atoms with Crippen LogP contribution in [-0.4, -0.2) is 11.8 Å². The van der Waals surface area contributed by atoms with E-state index in [9.17, 15) is 14.0 Å². The van der Waals surface area contributed by atoms with Gasteiger partial charge in [-0.15, -0.1) is 11.3 Å². The number of hydrogen-bond donors (Lipinski definition) is 2. The molecule has 0 aliphatic carbocycles. The number of rotatable bonds is 5. The lowest BCUT2D eigenvalue weighted by molar-refractivity contribution is 0.0940. The predicted octanol–water partition coefficient (Wildman–Crippen LogP) is 4.63. The summed E-state index contributed by atoms with van der Waals surface area (Å²) in [6, 6.07) is 16.0. The second-order valence-corrected chi connectivity index (χ2v) is 6.67. The molecule has 6 heteroatoms. The molecule has 4 nitrogen and oxygen atoms in total. The predicted molar refractivity (Wildman–Crippen MR) is 101 cm³/mol. The zero-order valence-corrected chi connectivity index (χ0v) is 14.8. The third-order valence-corrected chi connectivity index (χ3v) is 4.73. The Labute approximate surface area is 154 Å². The van der Waals surface area contributed by atoms with Gasteiger partial charge in [0.25, 0.3) is 11.8 Å². The molecule has 2 aromatic carbocycles. The van der Waals surface area contributed by atoms with E-state index in [1.54, 1.807) is 55.5 Å². The Morgan fingerprint density at radius 1 is 1.00 bits per heavy atom. The van der Waals surface area contributed by atoms with Crippen molar-refractivity contribution < 1.29 is 14.0 Å². The van der Waals surface area contributed by atoms with Gasteiger partial charge in [-0.1, -0.05) is 30.3 Å². The first kappa shape index (κ1) is 17.8. The molecular formula is C20H17FN2O2S. The Bertz CT molecular complexity index is 925. The largest absolute Gasteiger partial charge is 0.345 e. The Morgan fingerprint density at radius 2 is 1.81 bits per heavy atom. The van der Waals surface area contributed by atoms with Gasteiger partial charge in [0.2, 0.25) is 0 Å². The summed E-state index contributed by atoms with van der Waals surface area (Å²) in [6.45, 7) is 1.78. The van der Waals surface area contributed by atoms with Crippen molar-refractivity contribution in [1.82, 2.24) is 5.32 Å². The lowest BCUT2D eigenvalue weighted by Crippen LogP contribution is -2.28. The summed E-state index contributed by atoms with van der Waals surface area (Å²) in [5, 5.41) is 7.41. The monoisotopic (exact) mass is 368 g/mol. The van der Waals surface area contributed by atoms with Gasteiger partial charge in [0.1, 0.15) is 5.82 Å². The summed E-state index contributed by atoms with van der Waals surface area (Å²) in [6.07, 6.45) is 0. The smallest absolute Gasteiger partial charge is 0.265 e. The maximum atomic E-state index is 13.4. The number of carbonyl (C=O) groups excluding carboxylic acids is 2. The van der Waals surface area contributed by atoms with E-state index in [-0.39, 0.29) is 23.7 Å². The molecule has 0 aliphatic heterocycles. The SMILES string of the molecule is C[C@H](NC(=O)c1ccccc1NC(=O)c1cccs1)c1cccc(F)c1. The molecule has 2 amide bonds. The Morgan fingerprint density at radius 3 is 2.54 bits per heavy atom. The van der Waals surface area contributed by atoms with Gasteiger partial charge >= 0.3 is 0 Å². The highest BCUT2D eigenvalue weighted by molar-refractivity contribution is 7.12. The van der Waals surface area contributed by atoms with Crippen molar-refractivity contribution in [3.8, 4) is 0 Å². The molecule has 1 aromatic heterocycles. The minimum Gasteiger partial charge on any atom is -0.345 e. The van der Waals surface area contributed by atoms with Gasteiger partial charge in [-0.05, 0) is 48.2 Å². The highest BCUT2D eigenvalue weighted by Gasteiger charge is 2.17. The molecule has 1 atom stereocenters.